The van der Waals surface area contributed by atoms with Crippen LogP contribution in [0.1, 0.15) is 24.0 Å². The Kier molecular flexibility index (Phi) is 6.91. The molecule has 1 aromatic heterocycles. The van der Waals surface area contributed by atoms with Gasteiger partial charge in [-0.3, -0.25) is 0 Å². The molecule has 184 valence electrons. The number of nitrogens with zero attached hydrogens (tertiary/aromatic N) is 5. The van der Waals surface area contributed by atoms with Crippen molar-refractivity contribution in [2.75, 3.05) is 49.0 Å². The summed E-state index contributed by atoms with van der Waals surface area (Å²) >= 11 is 12.9. The van der Waals surface area contributed by atoms with Crippen molar-refractivity contribution < 1.29 is 4.74 Å². The molecule has 0 saturated carbocycles. The molecule has 1 saturated heterocycles. The molecule has 0 spiro atoms. The van der Waals surface area contributed by atoms with Crippen molar-refractivity contribution in [3.63, 3.8) is 0 Å². The van der Waals surface area contributed by atoms with Gasteiger partial charge in [-0.05, 0) is 62.7 Å². The van der Waals surface area contributed by atoms with Crippen molar-refractivity contribution in [1.29, 1.82) is 0 Å². The van der Waals surface area contributed by atoms with E-state index in [1.807, 2.05) is 43.6 Å². The zero-order chi connectivity index (χ0) is 24.5. The maximum absolute atomic E-state index is 6.44. The van der Waals surface area contributed by atoms with Crippen LogP contribution in [0.25, 0.3) is 0 Å². The minimum atomic E-state index is 0.281. The molecule has 35 heavy (non-hydrogen) atoms. The molecule has 0 bridgehead atoms. The van der Waals surface area contributed by atoms with E-state index < -0.39 is 0 Å². The number of fused-ring (bicyclic) bond motifs is 1. The van der Waals surface area contributed by atoms with Gasteiger partial charge in [0, 0.05) is 44.1 Å². The fraction of sp³-hybridized carbons (Fsp3) is 0.385. The number of piperidine rings is 1. The molecule has 2 aliphatic rings. The number of hydrogen-bond donors (Lipinski definition) is 1. The fourth-order valence-electron chi connectivity index (χ4n) is 4.69. The van der Waals surface area contributed by atoms with Crippen molar-refractivity contribution >= 4 is 46.3 Å². The van der Waals surface area contributed by atoms with Gasteiger partial charge in [-0.15, -0.1) is 0 Å². The van der Waals surface area contributed by atoms with E-state index in [4.69, 9.17) is 32.9 Å². The first-order valence-electron chi connectivity index (χ1n) is 11.9. The number of halogens is 2. The highest BCUT2D eigenvalue weighted by atomic mass is 35.5. The summed E-state index contributed by atoms with van der Waals surface area (Å²) in [4.78, 5) is 15.9. The lowest BCUT2D eigenvalue weighted by Crippen LogP contribution is -2.41. The second-order valence-electron chi connectivity index (χ2n) is 9.38. The number of para-hydroxylation sites is 1. The number of likely N-dealkylation sites (tertiary alicyclic amines) is 1. The lowest BCUT2D eigenvalue weighted by atomic mass is 10.1. The second kappa shape index (κ2) is 10.1. The standard InChI is InChI=1S/C26H30Cl2N6O/c1-17-13-19(7-8-23(17)35-20-9-11-32(2)12-10-20)30-26-29-14-18-15-34(16-33(3)25(18)31-26)24-21(27)5-4-6-22(24)28/h4-8,13-14,20H,9-12,15-16H2,1-3H3,(H,29,30,31). The minimum Gasteiger partial charge on any atom is -0.490 e. The summed E-state index contributed by atoms with van der Waals surface area (Å²) in [6, 6.07) is 11.7. The van der Waals surface area contributed by atoms with E-state index in [0.717, 1.165) is 60.0 Å². The normalized spacial score (nSPS) is 16.8. The maximum Gasteiger partial charge on any atom is 0.229 e. The Hall–Kier alpha value is -2.74. The Bertz CT molecular complexity index is 1190. The van der Waals surface area contributed by atoms with Crippen molar-refractivity contribution in [3.8, 4) is 5.75 Å². The molecule has 7 nitrogen and oxygen atoms in total. The summed E-state index contributed by atoms with van der Waals surface area (Å²) in [6.07, 6.45) is 4.27. The highest BCUT2D eigenvalue weighted by Crippen LogP contribution is 2.37. The third-order valence-electron chi connectivity index (χ3n) is 6.59. The quantitative estimate of drug-likeness (QED) is 0.468. The third kappa shape index (κ3) is 5.27. The Labute approximate surface area is 216 Å². The van der Waals surface area contributed by atoms with Gasteiger partial charge in [-0.2, -0.15) is 4.98 Å². The van der Waals surface area contributed by atoms with Gasteiger partial charge in [-0.1, -0.05) is 29.3 Å². The lowest BCUT2D eigenvalue weighted by Gasteiger charge is -2.37. The van der Waals surface area contributed by atoms with E-state index in [1.165, 1.54) is 0 Å². The molecule has 3 heterocycles. The maximum atomic E-state index is 6.44. The average molecular weight is 513 g/mol. The second-order valence-corrected chi connectivity index (χ2v) is 10.2. The van der Waals surface area contributed by atoms with Crippen LogP contribution >= 0.6 is 23.2 Å². The van der Waals surface area contributed by atoms with Crippen molar-refractivity contribution in [2.24, 2.45) is 0 Å². The van der Waals surface area contributed by atoms with Crippen LogP contribution in [0.15, 0.2) is 42.6 Å². The first-order chi connectivity index (χ1) is 16.9. The molecule has 1 N–H and O–H groups in total. The number of ether oxygens (including phenoxy) is 1. The predicted molar refractivity (Wildman–Crippen MR) is 144 cm³/mol. The smallest absolute Gasteiger partial charge is 0.229 e. The van der Waals surface area contributed by atoms with Gasteiger partial charge in [0.2, 0.25) is 5.95 Å². The molecule has 2 aliphatic heterocycles. The SMILES string of the molecule is Cc1cc(Nc2ncc3c(n2)N(C)CN(c2c(Cl)cccc2Cl)C3)ccc1OC1CCN(C)CC1. The number of rotatable bonds is 5. The van der Waals surface area contributed by atoms with E-state index >= 15 is 0 Å². The molecule has 9 heteroatoms. The number of aromatic nitrogens is 2. The molecular weight excluding hydrogens is 483 g/mol. The van der Waals surface area contributed by atoms with E-state index in [2.05, 4.69) is 45.0 Å². The largest absolute Gasteiger partial charge is 0.490 e. The third-order valence-corrected chi connectivity index (χ3v) is 7.20. The zero-order valence-electron chi connectivity index (χ0n) is 20.3. The van der Waals surface area contributed by atoms with Gasteiger partial charge in [-0.25, -0.2) is 4.98 Å². The Morgan fingerprint density at radius 3 is 2.51 bits per heavy atom. The van der Waals surface area contributed by atoms with Gasteiger partial charge in [0.25, 0.3) is 0 Å². The number of hydrogen-bond acceptors (Lipinski definition) is 7. The Balaban J connectivity index is 1.29. The minimum absolute atomic E-state index is 0.281. The van der Waals surface area contributed by atoms with E-state index in [0.29, 0.717) is 29.2 Å². The molecule has 0 aliphatic carbocycles. The summed E-state index contributed by atoms with van der Waals surface area (Å²) in [5.41, 5.74) is 3.87. The van der Waals surface area contributed by atoms with Gasteiger partial charge in [0.05, 0.1) is 22.4 Å². The molecular formula is C26H30Cl2N6O. The number of nitrogens with one attached hydrogen (secondary N) is 1. The zero-order valence-corrected chi connectivity index (χ0v) is 21.8. The van der Waals surface area contributed by atoms with E-state index in [-0.39, 0.29) is 6.10 Å². The summed E-state index contributed by atoms with van der Waals surface area (Å²) in [5.74, 6) is 2.39. The monoisotopic (exact) mass is 512 g/mol. The van der Waals surface area contributed by atoms with Crippen LogP contribution in [-0.2, 0) is 6.54 Å². The predicted octanol–water partition coefficient (Wildman–Crippen LogP) is 5.72. The number of aryl methyl sites for hydroxylation is 1. The number of anilines is 4. The van der Waals surface area contributed by atoms with Crippen molar-refractivity contribution in [1.82, 2.24) is 14.9 Å². The summed E-state index contributed by atoms with van der Waals surface area (Å²) in [7, 11) is 4.17. The van der Waals surface area contributed by atoms with Crippen molar-refractivity contribution in [2.45, 2.75) is 32.4 Å². The molecule has 0 unspecified atom stereocenters. The Morgan fingerprint density at radius 2 is 1.80 bits per heavy atom. The van der Waals surface area contributed by atoms with E-state index in [9.17, 15) is 0 Å². The summed E-state index contributed by atoms with van der Waals surface area (Å²) < 4.78 is 6.28. The molecule has 0 amide bonds. The van der Waals surface area contributed by atoms with Crippen molar-refractivity contribution in [3.05, 3.63) is 63.8 Å². The van der Waals surface area contributed by atoms with Crippen LogP contribution in [0.5, 0.6) is 5.75 Å². The van der Waals surface area contributed by atoms with Crippen LogP contribution in [-0.4, -0.2) is 54.8 Å². The fourth-order valence-corrected chi connectivity index (χ4v) is 5.33. The lowest BCUT2D eigenvalue weighted by molar-refractivity contribution is 0.113. The van der Waals surface area contributed by atoms with Gasteiger partial charge < -0.3 is 24.8 Å². The summed E-state index contributed by atoms with van der Waals surface area (Å²) in [6.45, 7) is 5.49. The van der Waals surface area contributed by atoms with Crippen LogP contribution in [0.4, 0.5) is 23.1 Å². The molecule has 3 aromatic rings. The van der Waals surface area contributed by atoms with Gasteiger partial charge in [0.1, 0.15) is 17.7 Å². The van der Waals surface area contributed by atoms with E-state index in [1.54, 1.807) is 0 Å². The molecule has 2 aromatic carbocycles. The summed E-state index contributed by atoms with van der Waals surface area (Å²) in [5, 5.41) is 4.61. The van der Waals surface area contributed by atoms with Gasteiger partial charge in [0.15, 0.2) is 0 Å². The average Bonchev–Trinajstić information content (AvgIpc) is 2.82. The molecule has 1 fully saturated rings. The molecule has 0 radical (unpaired) electrons. The van der Waals surface area contributed by atoms with Crippen LogP contribution in [0, 0.1) is 6.92 Å². The van der Waals surface area contributed by atoms with Crippen LogP contribution in [0.2, 0.25) is 10.0 Å². The highest BCUT2D eigenvalue weighted by Gasteiger charge is 2.25. The first-order valence-corrected chi connectivity index (χ1v) is 12.6. The molecule has 5 rings (SSSR count). The first kappa shape index (κ1) is 24.0. The molecule has 0 atom stereocenters. The topological polar surface area (TPSA) is 56.8 Å². The van der Waals surface area contributed by atoms with Gasteiger partial charge >= 0.3 is 0 Å². The van der Waals surface area contributed by atoms with Crippen LogP contribution < -0.4 is 19.9 Å². The van der Waals surface area contributed by atoms with Crippen LogP contribution in [0.3, 0.4) is 0 Å². The number of benzene rings is 2. The Morgan fingerprint density at radius 1 is 1.06 bits per heavy atom. The highest BCUT2D eigenvalue weighted by molar-refractivity contribution is 6.39.